The fourth-order valence-corrected chi connectivity index (χ4v) is 6.14. The smallest absolute Gasteiger partial charge is 0.231 e. The molecule has 4 atom stereocenters. The fourth-order valence-electron chi connectivity index (χ4n) is 6.14. The molecule has 3 aliphatic rings. The Kier molecular flexibility index (Phi) is 7.35. The van der Waals surface area contributed by atoms with E-state index < -0.39 is 23.9 Å². The molecule has 2 aliphatic carbocycles. The monoisotopic (exact) mass is 513 g/mol. The predicted octanol–water partition coefficient (Wildman–Crippen LogP) is 3.29. The van der Waals surface area contributed by atoms with Crippen molar-refractivity contribution in [3.05, 3.63) is 41.0 Å². The Balaban J connectivity index is 1.67. The molecule has 4 unspecified atom stereocenters. The molecule has 9 heteroatoms. The van der Waals surface area contributed by atoms with Crippen molar-refractivity contribution in [2.45, 2.75) is 50.2 Å². The van der Waals surface area contributed by atoms with E-state index in [1.54, 1.807) is 20.3 Å². The van der Waals surface area contributed by atoms with E-state index in [2.05, 4.69) is 5.32 Å². The second kappa shape index (κ2) is 10.7. The highest BCUT2D eigenvalue weighted by Gasteiger charge is 2.48. The SMILES string of the molecule is COc1cc(C2c3cc4c(cc3C(O)C(CO)C2C(=O)NC2CCCCC2)OCO4)cc(OC)c1OC. The molecule has 5 rings (SSSR count). The summed E-state index contributed by atoms with van der Waals surface area (Å²) in [5.74, 6) is 0.236. The molecule has 2 aromatic carbocycles. The minimum Gasteiger partial charge on any atom is -0.493 e. The molecule has 3 N–H and O–H groups in total. The molecule has 9 nitrogen and oxygen atoms in total. The van der Waals surface area contributed by atoms with Crippen LogP contribution in [0.4, 0.5) is 0 Å². The van der Waals surface area contributed by atoms with Gasteiger partial charge in [0, 0.05) is 24.5 Å². The van der Waals surface area contributed by atoms with Crippen molar-refractivity contribution in [3.8, 4) is 28.7 Å². The standard InChI is InChI=1S/C28H35NO8/c1-33-22-9-15(10-23(34-2)27(22)35-3)24-17-11-20-21(37-14-36-20)12-18(17)26(31)19(13-30)25(24)28(32)29-16-7-5-4-6-8-16/h9-12,16,19,24-26,30-31H,4-8,13-14H2,1-3H3,(H,29,32). The number of amides is 1. The lowest BCUT2D eigenvalue weighted by Crippen LogP contribution is -2.48. The average molecular weight is 514 g/mol. The highest BCUT2D eigenvalue weighted by Crippen LogP contribution is 2.53. The summed E-state index contributed by atoms with van der Waals surface area (Å²) in [6, 6.07) is 7.33. The van der Waals surface area contributed by atoms with E-state index in [0.29, 0.717) is 34.3 Å². The van der Waals surface area contributed by atoms with E-state index in [1.165, 1.54) is 13.5 Å². The van der Waals surface area contributed by atoms with E-state index in [9.17, 15) is 15.0 Å². The number of aliphatic hydroxyl groups is 2. The number of aliphatic hydroxyl groups excluding tert-OH is 2. The quantitative estimate of drug-likeness (QED) is 0.517. The van der Waals surface area contributed by atoms with Gasteiger partial charge in [-0.3, -0.25) is 4.79 Å². The minimum absolute atomic E-state index is 0.0801. The molecule has 0 spiro atoms. The van der Waals surface area contributed by atoms with E-state index in [4.69, 9.17) is 23.7 Å². The molecular formula is C28H35NO8. The van der Waals surface area contributed by atoms with Crippen molar-refractivity contribution < 1.29 is 38.7 Å². The lowest BCUT2D eigenvalue weighted by molar-refractivity contribution is -0.132. The van der Waals surface area contributed by atoms with Crippen LogP contribution >= 0.6 is 0 Å². The van der Waals surface area contributed by atoms with Crippen molar-refractivity contribution in [3.63, 3.8) is 0 Å². The lowest BCUT2D eigenvalue weighted by Gasteiger charge is -2.42. The third kappa shape index (κ3) is 4.55. The maximum atomic E-state index is 14.0. The first-order chi connectivity index (χ1) is 18.0. The first-order valence-corrected chi connectivity index (χ1v) is 12.8. The van der Waals surface area contributed by atoms with Crippen LogP contribution in [0.3, 0.4) is 0 Å². The van der Waals surface area contributed by atoms with Gasteiger partial charge in [0.1, 0.15) is 0 Å². The second-order valence-corrected chi connectivity index (χ2v) is 9.93. The van der Waals surface area contributed by atoms with Crippen molar-refractivity contribution in [1.82, 2.24) is 5.32 Å². The Bertz CT molecular complexity index is 1120. The summed E-state index contributed by atoms with van der Waals surface area (Å²) in [5, 5.41) is 25.1. The first kappa shape index (κ1) is 25.5. The van der Waals surface area contributed by atoms with E-state index in [0.717, 1.165) is 36.8 Å². The van der Waals surface area contributed by atoms with Gasteiger partial charge >= 0.3 is 0 Å². The number of carbonyl (C=O) groups is 1. The van der Waals surface area contributed by atoms with Gasteiger partial charge in [0.2, 0.25) is 18.4 Å². The van der Waals surface area contributed by atoms with Crippen molar-refractivity contribution in [2.24, 2.45) is 11.8 Å². The van der Waals surface area contributed by atoms with Crippen LogP contribution in [0.5, 0.6) is 28.7 Å². The van der Waals surface area contributed by atoms with Gasteiger partial charge < -0.3 is 39.2 Å². The Morgan fingerprint density at radius 1 is 0.946 bits per heavy atom. The molecule has 1 fully saturated rings. The van der Waals surface area contributed by atoms with Gasteiger partial charge in [0.25, 0.3) is 0 Å². The largest absolute Gasteiger partial charge is 0.493 e. The summed E-state index contributed by atoms with van der Waals surface area (Å²) < 4.78 is 28.0. The number of fused-ring (bicyclic) bond motifs is 2. The summed E-state index contributed by atoms with van der Waals surface area (Å²) in [4.78, 5) is 14.0. The molecule has 0 radical (unpaired) electrons. The van der Waals surface area contributed by atoms with E-state index in [1.807, 2.05) is 18.2 Å². The third-order valence-corrected chi connectivity index (χ3v) is 7.97. The summed E-state index contributed by atoms with van der Waals surface area (Å²) in [5.41, 5.74) is 2.08. The Hall–Kier alpha value is -3.17. The summed E-state index contributed by atoms with van der Waals surface area (Å²) in [7, 11) is 4.62. The Labute approximate surface area is 216 Å². The van der Waals surface area contributed by atoms with Gasteiger partial charge in [-0.15, -0.1) is 0 Å². The van der Waals surface area contributed by atoms with E-state index >= 15 is 0 Å². The molecule has 2 aromatic rings. The Morgan fingerprint density at radius 3 is 2.14 bits per heavy atom. The Morgan fingerprint density at radius 2 is 1.57 bits per heavy atom. The van der Waals surface area contributed by atoms with Crippen LogP contribution in [0, 0.1) is 11.8 Å². The van der Waals surface area contributed by atoms with Crippen LogP contribution in [-0.2, 0) is 4.79 Å². The van der Waals surface area contributed by atoms with Gasteiger partial charge in [0.15, 0.2) is 23.0 Å². The number of ether oxygens (including phenoxy) is 5. The molecule has 1 amide bonds. The highest BCUT2D eigenvalue weighted by molar-refractivity contribution is 5.82. The molecule has 0 saturated heterocycles. The van der Waals surface area contributed by atoms with Crippen molar-refractivity contribution in [2.75, 3.05) is 34.7 Å². The minimum atomic E-state index is -1.06. The summed E-state index contributed by atoms with van der Waals surface area (Å²) in [6.45, 7) is -0.281. The zero-order chi connectivity index (χ0) is 26.1. The van der Waals surface area contributed by atoms with Gasteiger partial charge in [0.05, 0.1) is 33.4 Å². The van der Waals surface area contributed by atoms with Gasteiger partial charge in [-0.1, -0.05) is 19.3 Å². The first-order valence-electron chi connectivity index (χ1n) is 12.8. The number of hydrogen-bond donors (Lipinski definition) is 3. The van der Waals surface area contributed by atoms with Crippen LogP contribution in [0.1, 0.15) is 60.8 Å². The molecule has 37 heavy (non-hydrogen) atoms. The fraction of sp³-hybridized carbons (Fsp3) is 0.536. The summed E-state index contributed by atoms with van der Waals surface area (Å²) >= 11 is 0. The second-order valence-electron chi connectivity index (χ2n) is 9.93. The van der Waals surface area contributed by atoms with Gasteiger partial charge in [-0.2, -0.15) is 0 Å². The van der Waals surface area contributed by atoms with Crippen molar-refractivity contribution in [1.29, 1.82) is 0 Å². The molecule has 0 aromatic heterocycles. The molecule has 1 heterocycles. The van der Waals surface area contributed by atoms with Crippen LogP contribution < -0.4 is 29.0 Å². The highest BCUT2D eigenvalue weighted by atomic mass is 16.7. The number of carbonyl (C=O) groups excluding carboxylic acids is 1. The third-order valence-electron chi connectivity index (χ3n) is 7.97. The van der Waals surface area contributed by atoms with Crippen molar-refractivity contribution >= 4 is 5.91 Å². The van der Waals surface area contributed by atoms with Crippen LogP contribution in [-0.4, -0.2) is 56.9 Å². The average Bonchev–Trinajstić information content (AvgIpc) is 3.39. The summed E-state index contributed by atoms with van der Waals surface area (Å²) in [6.07, 6.45) is 4.11. The van der Waals surface area contributed by atoms with Crippen LogP contribution in [0.15, 0.2) is 24.3 Å². The van der Waals surface area contributed by atoms with E-state index in [-0.39, 0.29) is 25.3 Å². The topological polar surface area (TPSA) is 116 Å². The molecule has 1 aliphatic heterocycles. The number of hydrogen-bond acceptors (Lipinski definition) is 8. The zero-order valence-corrected chi connectivity index (χ0v) is 21.5. The number of methoxy groups -OCH3 is 3. The number of rotatable bonds is 7. The number of benzene rings is 2. The molecule has 1 saturated carbocycles. The lowest BCUT2D eigenvalue weighted by atomic mass is 9.64. The number of nitrogens with one attached hydrogen (secondary N) is 1. The zero-order valence-electron chi connectivity index (χ0n) is 21.5. The van der Waals surface area contributed by atoms with Crippen LogP contribution in [0.25, 0.3) is 0 Å². The van der Waals surface area contributed by atoms with Gasteiger partial charge in [-0.25, -0.2) is 0 Å². The van der Waals surface area contributed by atoms with Gasteiger partial charge in [-0.05, 0) is 53.8 Å². The maximum absolute atomic E-state index is 14.0. The predicted molar refractivity (Wildman–Crippen MR) is 135 cm³/mol. The molecular weight excluding hydrogens is 478 g/mol. The maximum Gasteiger partial charge on any atom is 0.231 e. The molecule has 200 valence electrons. The normalized spacial score (nSPS) is 24.8. The van der Waals surface area contributed by atoms with Crippen LogP contribution in [0.2, 0.25) is 0 Å². The molecule has 0 bridgehead atoms.